The van der Waals surface area contributed by atoms with Crippen LogP contribution in [0.3, 0.4) is 0 Å². The van der Waals surface area contributed by atoms with Gasteiger partial charge in [0, 0.05) is 17.4 Å². The van der Waals surface area contributed by atoms with Crippen molar-refractivity contribution in [2.24, 2.45) is 0 Å². The molecule has 1 heterocycles. The molecule has 0 bridgehead atoms. The molecule has 78 valence electrons. The zero-order valence-corrected chi connectivity index (χ0v) is 8.85. The van der Waals surface area contributed by atoms with Gasteiger partial charge in [-0.25, -0.2) is 4.98 Å². The fourth-order valence-corrected chi connectivity index (χ4v) is 1.50. The van der Waals surface area contributed by atoms with Gasteiger partial charge in [0.2, 0.25) is 5.69 Å². The van der Waals surface area contributed by atoms with Gasteiger partial charge in [-0.15, -0.1) is 0 Å². The van der Waals surface area contributed by atoms with Crippen molar-refractivity contribution in [2.75, 3.05) is 0 Å². The fraction of sp³-hybridized carbons (Fsp3) is 0. The minimum Gasteiger partial charge on any atom is -0.280 e. The summed E-state index contributed by atoms with van der Waals surface area (Å²) in [7, 11) is 0. The van der Waals surface area contributed by atoms with Crippen molar-refractivity contribution in [1.29, 1.82) is 5.26 Å². The lowest BCUT2D eigenvalue weighted by molar-refractivity contribution is 0.943. The Kier molecular flexibility index (Phi) is 2.71. The number of hydrogen-bond donors (Lipinski definition) is 0. The predicted molar refractivity (Wildman–Crippen MR) is 59.6 cm³/mol. The summed E-state index contributed by atoms with van der Waals surface area (Å²) in [6, 6.07) is 8.56. The molecule has 2 rings (SSSR count). The van der Waals surface area contributed by atoms with Crippen LogP contribution in [0.25, 0.3) is 5.69 Å². The van der Waals surface area contributed by atoms with E-state index in [1.165, 1.54) is 17.0 Å². The van der Waals surface area contributed by atoms with Crippen molar-refractivity contribution in [3.8, 4) is 11.8 Å². The zero-order chi connectivity index (χ0) is 11.5. The molecule has 0 aliphatic rings. The summed E-state index contributed by atoms with van der Waals surface area (Å²) >= 11 is 5.82. The molecule has 0 aliphatic carbocycles. The third kappa shape index (κ3) is 1.81. The van der Waals surface area contributed by atoms with Crippen molar-refractivity contribution >= 4 is 11.6 Å². The Balaban J connectivity index is 2.67. The van der Waals surface area contributed by atoms with Crippen LogP contribution in [0.5, 0.6) is 0 Å². The van der Waals surface area contributed by atoms with Crippen LogP contribution in [-0.2, 0) is 0 Å². The molecule has 0 saturated heterocycles. The van der Waals surface area contributed by atoms with Gasteiger partial charge < -0.3 is 0 Å². The summed E-state index contributed by atoms with van der Waals surface area (Å²) < 4.78 is 1.33. The standard InChI is InChI=1S/C11H6ClN3O/c12-8-2-1-3-9(6-8)15-5-4-14-10(7-13)11(15)16/h1-6H. The van der Waals surface area contributed by atoms with Crippen molar-refractivity contribution in [2.45, 2.75) is 0 Å². The minimum atomic E-state index is -0.452. The van der Waals surface area contributed by atoms with E-state index in [1.807, 2.05) is 0 Å². The van der Waals surface area contributed by atoms with Gasteiger partial charge in [0.25, 0.3) is 5.56 Å². The van der Waals surface area contributed by atoms with E-state index >= 15 is 0 Å². The average Bonchev–Trinajstić information content (AvgIpc) is 2.29. The molecule has 0 fully saturated rings. The number of hydrogen-bond acceptors (Lipinski definition) is 3. The van der Waals surface area contributed by atoms with Gasteiger partial charge >= 0.3 is 0 Å². The molecule has 0 N–H and O–H groups in total. The second-order valence-electron chi connectivity index (χ2n) is 3.04. The largest absolute Gasteiger partial charge is 0.291 e. The van der Waals surface area contributed by atoms with Crippen molar-refractivity contribution in [1.82, 2.24) is 9.55 Å². The fourth-order valence-electron chi connectivity index (χ4n) is 1.32. The first kappa shape index (κ1) is 10.4. The van der Waals surface area contributed by atoms with Crippen LogP contribution in [0.1, 0.15) is 5.69 Å². The summed E-state index contributed by atoms with van der Waals surface area (Å²) in [4.78, 5) is 15.4. The first-order chi connectivity index (χ1) is 7.72. The first-order valence-electron chi connectivity index (χ1n) is 4.46. The summed E-state index contributed by atoms with van der Waals surface area (Å²) in [5.74, 6) is 0. The normalized spacial score (nSPS) is 9.75. The maximum atomic E-state index is 11.7. The summed E-state index contributed by atoms with van der Waals surface area (Å²) in [5, 5.41) is 9.22. The highest BCUT2D eigenvalue weighted by atomic mass is 35.5. The van der Waals surface area contributed by atoms with Crippen molar-refractivity contribution in [3.63, 3.8) is 0 Å². The Morgan fingerprint density at radius 2 is 2.25 bits per heavy atom. The molecule has 1 aromatic carbocycles. The van der Waals surface area contributed by atoms with Crippen LogP contribution in [0.2, 0.25) is 5.02 Å². The van der Waals surface area contributed by atoms with Crippen molar-refractivity contribution in [3.05, 3.63) is 57.7 Å². The van der Waals surface area contributed by atoms with E-state index in [9.17, 15) is 4.79 Å². The van der Waals surface area contributed by atoms with Crippen LogP contribution in [0.15, 0.2) is 41.5 Å². The number of nitriles is 1. The lowest BCUT2D eigenvalue weighted by Gasteiger charge is -2.04. The van der Waals surface area contributed by atoms with Gasteiger partial charge in [0.15, 0.2) is 0 Å². The lowest BCUT2D eigenvalue weighted by Crippen LogP contribution is -2.21. The molecule has 1 aromatic heterocycles. The van der Waals surface area contributed by atoms with E-state index in [1.54, 1.807) is 30.3 Å². The lowest BCUT2D eigenvalue weighted by atomic mass is 10.3. The van der Waals surface area contributed by atoms with Gasteiger partial charge in [-0.05, 0) is 18.2 Å². The monoisotopic (exact) mass is 231 g/mol. The average molecular weight is 232 g/mol. The highest BCUT2D eigenvalue weighted by Crippen LogP contribution is 2.12. The molecular formula is C11H6ClN3O. The molecule has 0 aliphatic heterocycles. The van der Waals surface area contributed by atoms with Crippen LogP contribution >= 0.6 is 11.6 Å². The van der Waals surface area contributed by atoms with E-state index in [2.05, 4.69) is 4.98 Å². The molecule has 0 atom stereocenters. The Labute approximate surface area is 96.4 Å². The second-order valence-corrected chi connectivity index (χ2v) is 3.48. The summed E-state index contributed by atoms with van der Waals surface area (Å²) in [5.41, 5.74) is 0.0196. The zero-order valence-electron chi connectivity index (χ0n) is 8.09. The van der Waals surface area contributed by atoms with Gasteiger partial charge in [-0.2, -0.15) is 5.26 Å². The Morgan fingerprint density at radius 1 is 1.44 bits per heavy atom. The SMILES string of the molecule is N#Cc1nccn(-c2cccc(Cl)c2)c1=O. The van der Waals surface area contributed by atoms with Crippen LogP contribution in [-0.4, -0.2) is 9.55 Å². The molecule has 0 spiro atoms. The van der Waals surface area contributed by atoms with Crippen LogP contribution in [0.4, 0.5) is 0 Å². The number of benzene rings is 1. The molecular weight excluding hydrogens is 226 g/mol. The number of rotatable bonds is 1. The third-order valence-corrected chi connectivity index (χ3v) is 2.27. The number of aromatic nitrogens is 2. The molecule has 4 nitrogen and oxygen atoms in total. The van der Waals surface area contributed by atoms with Crippen molar-refractivity contribution < 1.29 is 0 Å². The van der Waals surface area contributed by atoms with Gasteiger partial charge in [0.1, 0.15) is 6.07 Å². The first-order valence-corrected chi connectivity index (χ1v) is 4.84. The van der Waals surface area contributed by atoms with E-state index in [0.29, 0.717) is 10.7 Å². The van der Waals surface area contributed by atoms with E-state index in [0.717, 1.165) is 0 Å². The third-order valence-electron chi connectivity index (χ3n) is 2.03. The molecule has 0 amide bonds. The predicted octanol–water partition coefficient (Wildman–Crippen LogP) is 1.76. The maximum absolute atomic E-state index is 11.7. The Morgan fingerprint density at radius 3 is 2.94 bits per heavy atom. The molecule has 16 heavy (non-hydrogen) atoms. The Bertz CT molecular complexity index is 628. The summed E-state index contributed by atoms with van der Waals surface area (Å²) in [6.07, 6.45) is 2.90. The highest BCUT2D eigenvalue weighted by Gasteiger charge is 2.05. The smallest absolute Gasteiger partial charge is 0.280 e. The quantitative estimate of drug-likeness (QED) is 0.751. The highest BCUT2D eigenvalue weighted by molar-refractivity contribution is 6.30. The minimum absolute atomic E-state index is 0.137. The van der Waals surface area contributed by atoms with Gasteiger partial charge in [0.05, 0.1) is 5.69 Å². The molecule has 0 radical (unpaired) electrons. The van der Waals surface area contributed by atoms with E-state index in [-0.39, 0.29) is 5.69 Å². The number of nitrogens with zero attached hydrogens (tertiary/aromatic N) is 3. The summed E-state index contributed by atoms with van der Waals surface area (Å²) in [6.45, 7) is 0. The maximum Gasteiger partial charge on any atom is 0.291 e. The topological polar surface area (TPSA) is 58.7 Å². The van der Waals surface area contributed by atoms with E-state index < -0.39 is 5.56 Å². The molecule has 0 saturated carbocycles. The van der Waals surface area contributed by atoms with E-state index in [4.69, 9.17) is 16.9 Å². The van der Waals surface area contributed by atoms with Gasteiger partial charge in [-0.3, -0.25) is 9.36 Å². The molecule has 2 aromatic rings. The molecule has 0 unspecified atom stereocenters. The number of halogens is 1. The van der Waals surface area contributed by atoms with Crippen LogP contribution in [0, 0.1) is 11.3 Å². The molecule has 5 heteroatoms. The second kappa shape index (κ2) is 4.17. The van der Waals surface area contributed by atoms with Crippen LogP contribution < -0.4 is 5.56 Å². The van der Waals surface area contributed by atoms with Gasteiger partial charge in [-0.1, -0.05) is 17.7 Å². The Hall–Kier alpha value is -2.12.